The van der Waals surface area contributed by atoms with Gasteiger partial charge in [0.15, 0.2) is 0 Å². The van der Waals surface area contributed by atoms with Crippen LogP contribution in [0.2, 0.25) is 5.02 Å². The van der Waals surface area contributed by atoms with Gasteiger partial charge in [-0.1, -0.05) is 74.0 Å². The second-order valence-corrected chi connectivity index (χ2v) is 11.7. The molecule has 3 rings (SSSR count). The summed E-state index contributed by atoms with van der Waals surface area (Å²) in [7, 11) is -4.12. The van der Waals surface area contributed by atoms with Crippen LogP contribution in [-0.2, 0) is 26.0 Å². The van der Waals surface area contributed by atoms with Gasteiger partial charge in [0.05, 0.1) is 10.6 Å². The first-order valence-electron chi connectivity index (χ1n) is 13.1. The van der Waals surface area contributed by atoms with Crippen molar-refractivity contribution in [2.45, 2.75) is 57.0 Å². The normalized spacial score (nSPS) is 12.8. The van der Waals surface area contributed by atoms with Gasteiger partial charge >= 0.3 is 0 Å². The van der Waals surface area contributed by atoms with Crippen molar-refractivity contribution in [1.29, 1.82) is 0 Å². The largest absolute Gasteiger partial charge is 0.352 e. The van der Waals surface area contributed by atoms with E-state index in [1.807, 2.05) is 51.1 Å². The lowest BCUT2D eigenvalue weighted by atomic mass is 10.1. The number of carbonyl (C=O) groups is 2. The van der Waals surface area contributed by atoms with Crippen LogP contribution >= 0.6 is 11.6 Å². The Labute approximate surface area is 236 Å². The summed E-state index contributed by atoms with van der Waals surface area (Å²) in [6.07, 6.45) is 1.66. The molecule has 0 bridgehead atoms. The van der Waals surface area contributed by atoms with Crippen molar-refractivity contribution in [2.75, 3.05) is 17.4 Å². The summed E-state index contributed by atoms with van der Waals surface area (Å²) < 4.78 is 28.6. The van der Waals surface area contributed by atoms with Crippen LogP contribution in [0, 0.1) is 0 Å². The summed E-state index contributed by atoms with van der Waals surface area (Å²) in [6, 6.07) is 23.2. The SMILES string of the molecule is CC[C@H](C(=O)N[C@@H](C)CC)N(CCc1ccccc1)C(=O)CN(c1ccccc1)S(=O)(=O)c1ccc(Cl)cc1. The molecular weight excluding hydrogens is 534 g/mol. The molecule has 208 valence electrons. The highest BCUT2D eigenvalue weighted by Crippen LogP contribution is 2.25. The Morgan fingerprint density at radius 1 is 0.872 bits per heavy atom. The molecule has 0 saturated heterocycles. The first-order chi connectivity index (χ1) is 18.7. The maximum atomic E-state index is 14.0. The Morgan fingerprint density at radius 2 is 1.46 bits per heavy atom. The average Bonchev–Trinajstić information content (AvgIpc) is 2.94. The zero-order valence-corrected chi connectivity index (χ0v) is 24.2. The van der Waals surface area contributed by atoms with Gasteiger partial charge in [-0.05, 0) is 68.1 Å². The predicted octanol–water partition coefficient (Wildman–Crippen LogP) is 5.30. The van der Waals surface area contributed by atoms with Gasteiger partial charge in [0.2, 0.25) is 11.8 Å². The van der Waals surface area contributed by atoms with Crippen LogP contribution in [-0.4, -0.2) is 50.3 Å². The smallest absolute Gasteiger partial charge is 0.264 e. The maximum absolute atomic E-state index is 14.0. The molecule has 3 aromatic carbocycles. The third kappa shape index (κ3) is 8.07. The van der Waals surface area contributed by atoms with E-state index in [2.05, 4.69) is 5.32 Å². The molecule has 2 amide bonds. The van der Waals surface area contributed by atoms with Crippen molar-refractivity contribution in [3.63, 3.8) is 0 Å². The topological polar surface area (TPSA) is 86.8 Å². The van der Waals surface area contributed by atoms with E-state index in [0.29, 0.717) is 23.6 Å². The molecule has 9 heteroatoms. The minimum absolute atomic E-state index is 0.0148. The molecule has 3 aromatic rings. The lowest BCUT2D eigenvalue weighted by Gasteiger charge is -2.33. The second kappa shape index (κ2) is 14.1. The van der Waals surface area contributed by atoms with Crippen LogP contribution < -0.4 is 9.62 Å². The number of amides is 2. The molecule has 0 aliphatic heterocycles. The summed E-state index contributed by atoms with van der Waals surface area (Å²) >= 11 is 5.99. The number of hydrogen-bond acceptors (Lipinski definition) is 4. The lowest BCUT2D eigenvalue weighted by molar-refractivity contribution is -0.139. The fourth-order valence-electron chi connectivity index (χ4n) is 4.19. The zero-order chi connectivity index (χ0) is 28.4. The number of anilines is 1. The number of hydrogen-bond donors (Lipinski definition) is 1. The summed E-state index contributed by atoms with van der Waals surface area (Å²) in [5.74, 6) is -0.710. The van der Waals surface area contributed by atoms with Gasteiger partial charge in [0.1, 0.15) is 12.6 Å². The van der Waals surface area contributed by atoms with Gasteiger partial charge in [-0.25, -0.2) is 8.42 Å². The van der Waals surface area contributed by atoms with E-state index in [1.54, 1.807) is 30.3 Å². The van der Waals surface area contributed by atoms with E-state index >= 15 is 0 Å². The number of benzene rings is 3. The minimum atomic E-state index is -4.12. The minimum Gasteiger partial charge on any atom is -0.352 e. The molecular formula is C30H36ClN3O4S. The lowest BCUT2D eigenvalue weighted by Crippen LogP contribution is -2.54. The monoisotopic (exact) mass is 569 g/mol. The highest BCUT2D eigenvalue weighted by atomic mass is 35.5. The molecule has 0 radical (unpaired) electrons. The molecule has 0 fully saturated rings. The average molecular weight is 570 g/mol. The Kier molecular flexibility index (Phi) is 10.9. The predicted molar refractivity (Wildman–Crippen MR) is 156 cm³/mol. The van der Waals surface area contributed by atoms with Crippen LogP contribution in [0.1, 0.15) is 39.2 Å². The van der Waals surface area contributed by atoms with Crippen LogP contribution in [0.3, 0.4) is 0 Å². The number of halogens is 1. The summed E-state index contributed by atoms with van der Waals surface area (Å²) in [5, 5.41) is 3.39. The number of sulfonamides is 1. The van der Waals surface area contributed by atoms with Crippen molar-refractivity contribution >= 4 is 39.1 Å². The quantitative estimate of drug-likeness (QED) is 0.303. The Bertz CT molecular complexity index is 1320. The molecule has 2 atom stereocenters. The number of rotatable bonds is 13. The first kappa shape index (κ1) is 30.2. The number of nitrogens with one attached hydrogen (secondary N) is 1. The molecule has 0 unspecified atom stereocenters. The molecule has 1 N–H and O–H groups in total. The zero-order valence-electron chi connectivity index (χ0n) is 22.6. The molecule has 0 aromatic heterocycles. The Hall–Kier alpha value is -3.36. The van der Waals surface area contributed by atoms with Gasteiger partial charge in [0, 0.05) is 17.6 Å². The van der Waals surface area contributed by atoms with Crippen molar-refractivity contribution in [3.8, 4) is 0 Å². The molecule has 0 aliphatic carbocycles. The van der Waals surface area contributed by atoms with E-state index in [0.717, 1.165) is 16.3 Å². The summed E-state index contributed by atoms with van der Waals surface area (Å²) in [4.78, 5) is 28.7. The molecule has 0 heterocycles. The van der Waals surface area contributed by atoms with Crippen molar-refractivity contribution in [3.05, 3.63) is 95.5 Å². The van der Waals surface area contributed by atoms with Crippen molar-refractivity contribution in [1.82, 2.24) is 10.2 Å². The highest BCUT2D eigenvalue weighted by molar-refractivity contribution is 7.92. The van der Waals surface area contributed by atoms with Gasteiger partial charge in [0.25, 0.3) is 10.0 Å². The highest BCUT2D eigenvalue weighted by Gasteiger charge is 2.33. The number of para-hydroxylation sites is 1. The van der Waals surface area contributed by atoms with Crippen molar-refractivity contribution in [2.24, 2.45) is 0 Å². The van der Waals surface area contributed by atoms with Gasteiger partial charge in [-0.15, -0.1) is 0 Å². The van der Waals surface area contributed by atoms with Gasteiger partial charge in [-0.3, -0.25) is 13.9 Å². The fraction of sp³-hybridized carbons (Fsp3) is 0.333. The Morgan fingerprint density at radius 3 is 2.03 bits per heavy atom. The number of carbonyl (C=O) groups excluding carboxylic acids is 2. The van der Waals surface area contributed by atoms with E-state index in [1.165, 1.54) is 29.2 Å². The van der Waals surface area contributed by atoms with E-state index in [-0.39, 0.29) is 23.4 Å². The summed E-state index contributed by atoms with van der Waals surface area (Å²) in [5.41, 5.74) is 1.36. The third-order valence-electron chi connectivity index (χ3n) is 6.60. The van der Waals surface area contributed by atoms with Gasteiger partial charge < -0.3 is 10.2 Å². The first-order valence-corrected chi connectivity index (χ1v) is 15.0. The maximum Gasteiger partial charge on any atom is 0.264 e. The molecule has 0 spiro atoms. The molecule has 39 heavy (non-hydrogen) atoms. The summed E-state index contributed by atoms with van der Waals surface area (Å²) in [6.45, 7) is 5.54. The van der Waals surface area contributed by atoms with Gasteiger partial charge in [-0.2, -0.15) is 0 Å². The Balaban J connectivity index is 1.98. The standard InChI is InChI=1S/C30H36ClN3O4S/c1-4-23(3)32-30(36)28(5-2)33(21-20-24-12-8-6-9-13-24)29(35)22-34(26-14-10-7-11-15-26)39(37,38)27-18-16-25(31)17-19-27/h6-19,23,28H,4-5,20-22H2,1-3H3,(H,32,36)/t23-,28+/m0/s1. The van der Waals surface area contributed by atoms with Crippen LogP contribution in [0.5, 0.6) is 0 Å². The van der Waals surface area contributed by atoms with Crippen LogP contribution in [0.4, 0.5) is 5.69 Å². The van der Waals surface area contributed by atoms with Crippen LogP contribution in [0.25, 0.3) is 0 Å². The number of nitrogens with zero attached hydrogens (tertiary/aromatic N) is 2. The third-order valence-corrected chi connectivity index (χ3v) is 8.64. The van der Waals surface area contributed by atoms with E-state index < -0.39 is 28.5 Å². The molecule has 0 aliphatic rings. The molecule has 7 nitrogen and oxygen atoms in total. The molecule has 0 saturated carbocycles. The van der Waals surface area contributed by atoms with E-state index in [9.17, 15) is 18.0 Å². The van der Waals surface area contributed by atoms with Crippen LogP contribution in [0.15, 0.2) is 89.8 Å². The second-order valence-electron chi connectivity index (χ2n) is 9.37. The fourth-order valence-corrected chi connectivity index (χ4v) is 5.73. The van der Waals surface area contributed by atoms with Crippen molar-refractivity contribution < 1.29 is 18.0 Å². The van der Waals surface area contributed by atoms with E-state index in [4.69, 9.17) is 11.6 Å².